The van der Waals surface area contributed by atoms with Gasteiger partial charge in [-0.15, -0.1) is 0 Å². The van der Waals surface area contributed by atoms with Crippen LogP contribution in [-0.4, -0.2) is 5.78 Å². The summed E-state index contributed by atoms with van der Waals surface area (Å²) in [4.78, 5) is 12.4. The number of nitrogens with zero attached hydrogens (tertiary/aromatic N) is 2. The lowest BCUT2D eigenvalue weighted by Gasteiger charge is -2.17. The van der Waals surface area contributed by atoms with Gasteiger partial charge in [0, 0.05) is 16.5 Å². The zero-order valence-electron chi connectivity index (χ0n) is 12.8. The molecule has 22 heavy (non-hydrogen) atoms. The van der Waals surface area contributed by atoms with Crippen LogP contribution in [0.1, 0.15) is 42.3 Å². The third-order valence-corrected chi connectivity index (χ3v) is 3.39. The zero-order valence-corrected chi connectivity index (χ0v) is 12.8. The molecule has 2 aromatic carbocycles. The van der Waals surface area contributed by atoms with Crippen molar-refractivity contribution in [1.82, 2.24) is 0 Å². The predicted molar refractivity (Wildman–Crippen MR) is 85.1 cm³/mol. The van der Waals surface area contributed by atoms with Gasteiger partial charge in [0.25, 0.3) is 0 Å². The first-order valence-electron chi connectivity index (χ1n) is 6.96. The summed E-state index contributed by atoms with van der Waals surface area (Å²) >= 11 is 0. The monoisotopic (exact) mass is 288 g/mol. The molecule has 3 nitrogen and oxygen atoms in total. The Morgan fingerprint density at radius 2 is 1.73 bits per heavy atom. The molecule has 0 radical (unpaired) electrons. The quantitative estimate of drug-likeness (QED) is 0.773. The van der Waals surface area contributed by atoms with Crippen molar-refractivity contribution in [3.05, 3.63) is 59.2 Å². The molecule has 2 rings (SSSR count). The largest absolute Gasteiger partial charge is 0.294 e. The molecule has 0 amide bonds. The van der Waals surface area contributed by atoms with E-state index in [4.69, 9.17) is 5.26 Å². The van der Waals surface area contributed by atoms with Crippen LogP contribution in [0.25, 0.3) is 11.1 Å². The third kappa shape index (κ3) is 3.05. The van der Waals surface area contributed by atoms with Gasteiger partial charge in [0.1, 0.15) is 0 Å². The lowest BCUT2D eigenvalue weighted by Crippen LogP contribution is -2.20. The standard InChI is InChI=1S/C19H16N2O/c1-19(2,3)18(22)15-7-8-16(12-21)17(10-15)14-6-4-5-13(9-14)11-20/h4-10H,1-3H3. The maximum atomic E-state index is 12.4. The van der Waals surface area contributed by atoms with E-state index < -0.39 is 5.41 Å². The van der Waals surface area contributed by atoms with E-state index in [2.05, 4.69) is 12.1 Å². The maximum Gasteiger partial charge on any atom is 0.168 e. The summed E-state index contributed by atoms with van der Waals surface area (Å²) < 4.78 is 0. The molecule has 0 unspecified atom stereocenters. The highest BCUT2D eigenvalue weighted by atomic mass is 16.1. The van der Waals surface area contributed by atoms with E-state index in [-0.39, 0.29) is 5.78 Å². The van der Waals surface area contributed by atoms with Crippen LogP contribution < -0.4 is 0 Å². The number of hydrogen-bond acceptors (Lipinski definition) is 3. The number of nitriles is 2. The van der Waals surface area contributed by atoms with Crippen molar-refractivity contribution in [3.8, 4) is 23.3 Å². The smallest absolute Gasteiger partial charge is 0.168 e. The first-order valence-corrected chi connectivity index (χ1v) is 6.96. The van der Waals surface area contributed by atoms with E-state index in [1.165, 1.54) is 0 Å². The van der Waals surface area contributed by atoms with E-state index in [9.17, 15) is 10.1 Å². The van der Waals surface area contributed by atoms with Gasteiger partial charge in [-0.3, -0.25) is 4.79 Å². The number of Topliss-reactive ketones (excluding diaryl/α,β-unsaturated/α-hetero) is 1. The summed E-state index contributed by atoms with van der Waals surface area (Å²) in [5.41, 5.74) is 2.53. The molecule has 0 aliphatic rings. The van der Waals surface area contributed by atoms with Crippen molar-refractivity contribution in [3.63, 3.8) is 0 Å². The molecule has 0 saturated carbocycles. The number of ketones is 1. The molecule has 0 aromatic heterocycles. The molecule has 0 N–H and O–H groups in total. The summed E-state index contributed by atoms with van der Waals surface area (Å²) in [5, 5.41) is 18.3. The van der Waals surface area contributed by atoms with E-state index in [1.807, 2.05) is 26.8 Å². The molecule has 0 saturated heterocycles. The lowest BCUT2D eigenvalue weighted by atomic mass is 9.85. The fourth-order valence-electron chi connectivity index (χ4n) is 2.21. The lowest BCUT2D eigenvalue weighted by molar-refractivity contribution is 0.0858. The van der Waals surface area contributed by atoms with E-state index >= 15 is 0 Å². The molecule has 0 aliphatic heterocycles. The molecule has 3 heteroatoms. The molecule has 108 valence electrons. The van der Waals surface area contributed by atoms with Gasteiger partial charge in [-0.25, -0.2) is 0 Å². The molecular formula is C19H16N2O. The first-order chi connectivity index (χ1) is 10.4. The summed E-state index contributed by atoms with van der Waals surface area (Å²) in [6.07, 6.45) is 0. The summed E-state index contributed by atoms with van der Waals surface area (Å²) in [5.74, 6) is 0.0228. The highest BCUT2D eigenvalue weighted by Crippen LogP contribution is 2.28. The first kappa shape index (κ1) is 15.5. The van der Waals surface area contributed by atoms with Crippen molar-refractivity contribution in [2.75, 3.05) is 0 Å². The molecular weight excluding hydrogens is 272 g/mol. The van der Waals surface area contributed by atoms with Crippen LogP contribution in [0.3, 0.4) is 0 Å². The van der Waals surface area contributed by atoms with Gasteiger partial charge in [0.15, 0.2) is 5.78 Å². The van der Waals surface area contributed by atoms with Crippen LogP contribution in [0.2, 0.25) is 0 Å². The third-order valence-electron chi connectivity index (χ3n) is 3.39. The van der Waals surface area contributed by atoms with Gasteiger partial charge in [-0.1, -0.05) is 39.0 Å². The Labute approximate surface area is 130 Å². The van der Waals surface area contributed by atoms with Crippen molar-refractivity contribution in [2.45, 2.75) is 20.8 Å². The molecule has 0 atom stereocenters. The summed E-state index contributed by atoms with van der Waals surface area (Å²) in [7, 11) is 0. The maximum absolute atomic E-state index is 12.4. The fraction of sp³-hybridized carbons (Fsp3) is 0.211. The topological polar surface area (TPSA) is 64.7 Å². The van der Waals surface area contributed by atoms with Crippen molar-refractivity contribution >= 4 is 5.78 Å². The Hall–Kier alpha value is -2.91. The second-order valence-corrected chi connectivity index (χ2v) is 6.14. The van der Waals surface area contributed by atoms with Crippen molar-refractivity contribution < 1.29 is 4.79 Å². The Morgan fingerprint density at radius 1 is 1.00 bits per heavy atom. The van der Waals surface area contributed by atoms with Crippen molar-refractivity contribution in [1.29, 1.82) is 10.5 Å². The van der Waals surface area contributed by atoms with Gasteiger partial charge in [0.2, 0.25) is 0 Å². The van der Waals surface area contributed by atoms with E-state index in [1.54, 1.807) is 36.4 Å². The summed E-state index contributed by atoms with van der Waals surface area (Å²) in [6, 6.07) is 16.4. The minimum Gasteiger partial charge on any atom is -0.294 e. The summed E-state index contributed by atoms with van der Waals surface area (Å²) in [6.45, 7) is 5.59. The number of carbonyl (C=O) groups is 1. The number of hydrogen-bond donors (Lipinski definition) is 0. The Balaban J connectivity index is 2.62. The van der Waals surface area contributed by atoms with Crippen LogP contribution >= 0.6 is 0 Å². The van der Waals surface area contributed by atoms with Crippen LogP contribution in [-0.2, 0) is 0 Å². The predicted octanol–water partition coefficient (Wildman–Crippen LogP) is 4.33. The van der Waals surface area contributed by atoms with Gasteiger partial charge in [-0.05, 0) is 29.8 Å². The average molecular weight is 288 g/mol. The normalized spacial score (nSPS) is 10.6. The van der Waals surface area contributed by atoms with Gasteiger partial charge in [-0.2, -0.15) is 10.5 Å². The van der Waals surface area contributed by atoms with Crippen LogP contribution in [0.15, 0.2) is 42.5 Å². The second kappa shape index (κ2) is 5.84. The molecule has 0 spiro atoms. The Bertz CT molecular complexity index is 815. The number of benzene rings is 2. The van der Waals surface area contributed by atoms with Gasteiger partial charge < -0.3 is 0 Å². The van der Waals surface area contributed by atoms with Gasteiger partial charge in [0.05, 0.1) is 23.3 Å². The molecule has 0 bridgehead atoms. The fourth-order valence-corrected chi connectivity index (χ4v) is 2.21. The van der Waals surface area contributed by atoms with Crippen LogP contribution in [0.5, 0.6) is 0 Å². The Morgan fingerprint density at radius 3 is 2.32 bits per heavy atom. The SMILES string of the molecule is CC(C)(C)C(=O)c1ccc(C#N)c(-c2cccc(C#N)c2)c1. The van der Waals surface area contributed by atoms with E-state index in [0.29, 0.717) is 22.3 Å². The average Bonchev–Trinajstić information content (AvgIpc) is 2.52. The highest BCUT2D eigenvalue weighted by Gasteiger charge is 2.23. The minimum absolute atomic E-state index is 0.0228. The van der Waals surface area contributed by atoms with Crippen LogP contribution in [0, 0.1) is 28.1 Å². The highest BCUT2D eigenvalue weighted by molar-refractivity contribution is 6.01. The van der Waals surface area contributed by atoms with Crippen LogP contribution in [0.4, 0.5) is 0 Å². The van der Waals surface area contributed by atoms with Gasteiger partial charge >= 0.3 is 0 Å². The number of carbonyl (C=O) groups excluding carboxylic acids is 1. The zero-order chi connectivity index (χ0) is 16.3. The van der Waals surface area contributed by atoms with Crippen molar-refractivity contribution in [2.24, 2.45) is 5.41 Å². The Kier molecular flexibility index (Phi) is 4.11. The molecule has 0 heterocycles. The second-order valence-electron chi connectivity index (χ2n) is 6.14. The molecule has 0 fully saturated rings. The minimum atomic E-state index is -0.486. The molecule has 0 aliphatic carbocycles. The number of rotatable bonds is 2. The molecule has 2 aromatic rings. The van der Waals surface area contributed by atoms with E-state index in [0.717, 1.165) is 5.56 Å².